The summed E-state index contributed by atoms with van der Waals surface area (Å²) in [4.78, 5) is 42.3. The van der Waals surface area contributed by atoms with Gasteiger partial charge in [-0.05, 0) is 31.0 Å². The van der Waals surface area contributed by atoms with Crippen molar-refractivity contribution in [2.75, 3.05) is 25.6 Å². The van der Waals surface area contributed by atoms with Crippen LogP contribution in [0.1, 0.15) is 37.1 Å². The zero-order valence-corrected chi connectivity index (χ0v) is 23.3. The summed E-state index contributed by atoms with van der Waals surface area (Å²) in [5.74, 6) is -1.06. The molecule has 0 spiro atoms. The van der Waals surface area contributed by atoms with Crippen molar-refractivity contribution in [1.82, 2.24) is 9.55 Å². The minimum Gasteiger partial charge on any atom is -0.469 e. The van der Waals surface area contributed by atoms with E-state index >= 15 is 0 Å². The second kappa shape index (κ2) is 12.8. The van der Waals surface area contributed by atoms with E-state index in [1.54, 1.807) is 25.1 Å². The van der Waals surface area contributed by atoms with Crippen LogP contribution in [-0.2, 0) is 41.7 Å². The molecule has 2 aromatic rings. The van der Waals surface area contributed by atoms with E-state index in [9.17, 15) is 14.4 Å². The number of allylic oxidation sites excluding steroid dienone is 1. The number of carbonyl (C=O) groups is 3. The van der Waals surface area contributed by atoms with Crippen molar-refractivity contribution >= 4 is 31.6 Å². The molecule has 3 rings (SSSR count). The Kier molecular flexibility index (Phi) is 9.82. The van der Waals surface area contributed by atoms with Gasteiger partial charge in [0.05, 0.1) is 31.5 Å². The highest BCUT2D eigenvalue weighted by molar-refractivity contribution is 6.76. The number of esters is 2. The molecule has 1 atom stereocenters. The Hall–Kier alpha value is -3.24. The molecule has 37 heavy (non-hydrogen) atoms. The number of imidazole rings is 1. The maximum Gasteiger partial charge on any atom is 0.316 e. The third kappa shape index (κ3) is 8.12. The summed E-state index contributed by atoms with van der Waals surface area (Å²) in [6.07, 6.45) is 5.95. The molecule has 0 saturated carbocycles. The number of amides is 1. The average molecular weight is 528 g/mol. The van der Waals surface area contributed by atoms with Crippen molar-refractivity contribution in [2.24, 2.45) is 0 Å². The van der Waals surface area contributed by atoms with E-state index in [-0.39, 0.29) is 44.0 Å². The topological polar surface area (TPSA) is 109 Å². The van der Waals surface area contributed by atoms with Crippen molar-refractivity contribution in [3.05, 3.63) is 47.9 Å². The number of nitrogens with zero attached hydrogens (tertiary/aromatic N) is 2. The monoisotopic (exact) mass is 527 g/mol. The Bertz CT molecular complexity index is 1150. The van der Waals surface area contributed by atoms with Gasteiger partial charge in [0.25, 0.3) is 0 Å². The molecule has 0 radical (unpaired) electrons. The Morgan fingerprint density at radius 2 is 2.00 bits per heavy atom. The van der Waals surface area contributed by atoms with E-state index in [0.29, 0.717) is 41.4 Å². The Balaban J connectivity index is 2.06. The highest BCUT2D eigenvalue weighted by atomic mass is 28.3. The Morgan fingerprint density at radius 3 is 2.70 bits per heavy atom. The lowest BCUT2D eigenvalue weighted by Gasteiger charge is -2.18. The number of ether oxygens (including phenoxy) is 3. The molecule has 1 aliphatic rings. The maximum absolute atomic E-state index is 13.0. The van der Waals surface area contributed by atoms with Crippen LogP contribution in [0.5, 0.6) is 0 Å². The van der Waals surface area contributed by atoms with Gasteiger partial charge in [-0.25, -0.2) is 4.98 Å². The third-order valence-electron chi connectivity index (χ3n) is 5.97. The van der Waals surface area contributed by atoms with Gasteiger partial charge in [0.15, 0.2) is 0 Å². The molecule has 9 nitrogen and oxygen atoms in total. The van der Waals surface area contributed by atoms with Gasteiger partial charge in [-0.15, -0.1) is 0 Å². The molecule has 200 valence electrons. The van der Waals surface area contributed by atoms with Gasteiger partial charge >= 0.3 is 11.9 Å². The molecule has 1 N–H and O–H groups in total. The van der Waals surface area contributed by atoms with Crippen LogP contribution in [0.4, 0.5) is 5.69 Å². The van der Waals surface area contributed by atoms with Crippen molar-refractivity contribution in [3.8, 4) is 11.3 Å². The number of rotatable bonds is 9. The van der Waals surface area contributed by atoms with Crippen LogP contribution in [-0.4, -0.2) is 55.8 Å². The summed E-state index contributed by atoms with van der Waals surface area (Å²) in [5.41, 5.74) is 2.50. The predicted molar refractivity (Wildman–Crippen MR) is 144 cm³/mol. The van der Waals surface area contributed by atoms with Crippen molar-refractivity contribution in [1.29, 1.82) is 0 Å². The first-order chi connectivity index (χ1) is 17.6. The molecule has 2 bridgehead atoms. The van der Waals surface area contributed by atoms with Crippen molar-refractivity contribution in [2.45, 2.75) is 64.5 Å². The van der Waals surface area contributed by atoms with Gasteiger partial charge in [0, 0.05) is 32.9 Å². The number of nitrogens with one attached hydrogen (secondary N) is 1. The molecule has 0 fully saturated rings. The average Bonchev–Trinajstić information content (AvgIpc) is 3.24. The zero-order valence-electron chi connectivity index (χ0n) is 22.3. The van der Waals surface area contributed by atoms with Gasteiger partial charge in [0.2, 0.25) is 5.91 Å². The molecule has 1 aromatic heterocycles. The van der Waals surface area contributed by atoms with Gasteiger partial charge in [0.1, 0.15) is 18.5 Å². The molecular formula is C27H37N3O6Si. The number of anilines is 1. The second-order valence-corrected chi connectivity index (χ2v) is 15.8. The van der Waals surface area contributed by atoms with Crippen LogP contribution < -0.4 is 5.32 Å². The number of hydrogen-bond acceptors (Lipinski definition) is 7. The quantitative estimate of drug-likeness (QED) is 0.221. The summed E-state index contributed by atoms with van der Waals surface area (Å²) in [5, 5.41) is 2.94. The number of aromatic nitrogens is 2. The Labute approximate surface area is 219 Å². The second-order valence-electron chi connectivity index (χ2n) is 10.2. The molecule has 0 saturated heterocycles. The normalized spacial score (nSPS) is 16.6. The fourth-order valence-corrected chi connectivity index (χ4v) is 4.68. The molecule has 1 aliphatic heterocycles. The van der Waals surface area contributed by atoms with E-state index in [1.165, 1.54) is 7.11 Å². The first kappa shape index (κ1) is 28.3. The number of carbonyl (C=O) groups excluding carboxylic acids is 3. The number of benzene rings is 1. The lowest BCUT2D eigenvalue weighted by atomic mass is 10.0. The van der Waals surface area contributed by atoms with Gasteiger partial charge in [-0.1, -0.05) is 43.9 Å². The predicted octanol–water partition coefficient (Wildman–Crippen LogP) is 4.51. The third-order valence-corrected chi connectivity index (χ3v) is 7.67. The first-order valence-corrected chi connectivity index (χ1v) is 16.3. The Morgan fingerprint density at radius 1 is 1.22 bits per heavy atom. The van der Waals surface area contributed by atoms with E-state index in [1.807, 2.05) is 22.9 Å². The molecular weight excluding hydrogens is 490 g/mol. The van der Waals surface area contributed by atoms with E-state index < -0.39 is 14.0 Å². The number of hydrogen-bond donors (Lipinski definition) is 1. The number of methoxy groups -OCH3 is 1. The first-order valence-electron chi connectivity index (χ1n) is 12.6. The number of fused-ring (bicyclic) bond motifs is 4. The summed E-state index contributed by atoms with van der Waals surface area (Å²) in [6.45, 7) is 9.77. The molecule has 10 heteroatoms. The largest absolute Gasteiger partial charge is 0.469 e. The van der Waals surface area contributed by atoms with E-state index in [2.05, 4.69) is 25.0 Å². The minimum atomic E-state index is -1.26. The highest BCUT2D eigenvalue weighted by Gasteiger charge is 2.28. The molecule has 1 aromatic carbocycles. The summed E-state index contributed by atoms with van der Waals surface area (Å²) < 4.78 is 18.0. The van der Waals surface area contributed by atoms with Crippen molar-refractivity contribution in [3.63, 3.8) is 0 Å². The van der Waals surface area contributed by atoms with Gasteiger partial charge in [-0.3, -0.25) is 14.4 Å². The van der Waals surface area contributed by atoms with Crippen LogP contribution in [0.3, 0.4) is 0 Å². The summed E-state index contributed by atoms with van der Waals surface area (Å²) in [6, 6.07) is 6.40. The fourth-order valence-electron chi connectivity index (χ4n) is 3.92. The van der Waals surface area contributed by atoms with E-state index in [0.717, 1.165) is 6.04 Å². The maximum atomic E-state index is 13.0. The van der Waals surface area contributed by atoms with Crippen LogP contribution in [0.2, 0.25) is 25.7 Å². The lowest BCUT2D eigenvalue weighted by molar-refractivity contribution is -0.145. The molecule has 1 amide bonds. The summed E-state index contributed by atoms with van der Waals surface area (Å²) >= 11 is 0. The molecule has 0 aliphatic carbocycles. The molecule has 2 heterocycles. The van der Waals surface area contributed by atoms with Crippen LogP contribution in [0.25, 0.3) is 11.3 Å². The smallest absolute Gasteiger partial charge is 0.316 e. The SMILES string of the molecule is CCOC(=O)C1C/C=C/CC(=O)Nc2cc(CC(=O)OC)ccc2-c2cn(COCC[Si](C)(C)C)c1n2. The van der Waals surface area contributed by atoms with Crippen molar-refractivity contribution < 1.29 is 28.6 Å². The van der Waals surface area contributed by atoms with Gasteiger partial charge in [-0.2, -0.15) is 0 Å². The summed E-state index contributed by atoms with van der Waals surface area (Å²) in [7, 11) is 0.0746. The minimum absolute atomic E-state index is 0.0785. The van der Waals surface area contributed by atoms with Crippen LogP contribution in [0, 0.1) is 0 Å². The standard InChI is InChI=1S/C27H37N3O6Si/c1-6-36-27(33)21-9-7-8-10-24(31)28-22-15-19(16-25(32)34-2)11-12-20(22)23-17-30(26(21)29-23)18-35-13-14-37(3,4)5/h7-8,11-12,15,17,21H,6,9-10,13-14,16,18H2,1-5H3,(H,28,31)/b8-7+. The molecule has 1 unspecified atom stereocenters. The van der Waals surface area contributed by atoms with Crippen LogP contribution >= 0.6 is 0 Å². The lowest BCUT2D eigenvalue weighted by Crippen LogP contribution is -2.23. The van der Waals surface area contributed by atoms with E-state index in [4.69, 9.17) is 19.2 Å². The fraction of sp³-hybridized carbons (Fsp3) is 0.481. The van der Waals surface area contributed by atoms with Crippen LogP contribution in [0.15, 0.2) is 36.5 Å². The highest BCUT2D eigenvalue weighted by Crippen LogP contribution is 2.32. The zero-order chi connectivity index (χ0) is 27.0. The van der Waals surface area contributed by atoms with Gasteiger partial charge < -0.3 is 24.1 Å².